The third kappa shape index (κ3) is 7.06. The summed E-state index contributed by atoms with van der Waals surface area (Å²) in [6.07, 6.45) is 3.67. The van der Waals surface area contributed by atoms with Gasteiger partial charge in [-0.3, -0.25) is 4.79 Å². The fraction of sp³-hybridized carbons (Fsp3) is 0.0833. The molecule has 0 saturated carbocycles. The molecule has 4 rings (SSSR count). The van der Waals surface area contributed by atoms with Crippen molar-refractivity contribution in [3.63, 3.8) is 0 Å². The smallest absolute Gasteiger partial charge is 0.230 e. The minimum absolute atomic E-state index is 0.113. The lowest BCUT2D eigenvalue weighted by Crippen LogP contribution is -2.35. The van der Waals surface area contributed by atoms with E-state index in [0.29, 0.717) is 12.1 Å². The third-order valence-corrected chi connectivity index (χ3v) is 5.71. The van der Waals surface area contributed by atoms with Gasteiger partial charge in [0.05, 0.1) is 13.0 Å². The Morgan fingerprint density at radius 1 is 0.971 bits per heavy atom. The van der Waals surface area contributed by atoms with Gasteiger partial charge in [0, 0.05) is 28.6 Å². The number of thiocarbonyl (C=S) groups is 1. The number of hydrogen-bond acceptors (Lipinski definition) is 7. The molecule has 2 aromatic carbocycles. The van der Waals surface area contributed by atoms with Crippen molar-refractivity contribution in [3.8, 4) is 0 Å². The Hall–Kier alpha value is -3.89. The average molecular weight is 493 g/mol. The van der Waals surface area contributed by atoms with E-state index >= 15 is 0 Å². The number of thiazole rings is 1. The summed E-state index contributed by atoms with van der Waals surface area (Å²) >= 11 is 6.76. The maximum atomic E-state index is 13.0. The van der Waals surface area contributed by atoms with Crippen LogP contribution < -0.4 is 21.3 Å². The zero-order valence-electron chi connectivity index (χ0n) is 17.9. The van der Waals surface area contributed by atoms with Crippen molar-refractivity contribution in [3.05, 3.63) is 95.4 Å². The van der Waals surface area contributed by atoms with Crippen LogP contribution in [0.25, 0.3) is 0 Å². The van der Waals surface area contributed by atoms with Crippen LogP contribution in [0.3, 0.4) is 0 Å². The van der Waals surface area contributed by atoms with Crippen molar-refractivity contribution >= 4 is 56.9 Å². The predicted molar refractivity (Wildman–Crippen MR) is 138 cm³/mol. The lowest BCUT2D eigenvalue weighted by molar-refractivity contribution is -0.119. The van der Waals surface area contributed by atoms with Gasteiger partial charge in [0.2, 0.25) is 5.91 Å². The van der Waals surface area contributed by atoms with E-state index in [9.17, 15) is 9.18 Å². The van der Waals surface area contributed by atoms with Gasteiger partial charge in [0.25, 0.3) is 0 Å². The molecule has 2 heterocycles. The molecule has 0 radical (unpaired) electrons. The number of hydrogen-bond donors (Lipinski definition) is 4. The van der Waals surface area contributed by atoms with Crippen LogP contribution in [0.2, 0.25) is 0 Å². The van der Waals surface area contributed by atoms with Crippen LogP contribution in [0.1, 0.15) is 10.4 Å². The number of anilines is 4. The molecule has 4 N–H and O–H groups in total. The van der Waals surface area contributed by atoms with Crippen molar-refractivity contribution in [1.29, 1.82) is 0 Å². The summed E-state index contributed by atoms with van der Waals surface area (Å²) in [5.74, 6) is 0.140. The molecule has 0 unspecified atom stereocenters. The Balaban J connectivity index is 1.22. The number of carbonyl (C=O) groups is 1. The van der Waals surface area contributed by atoms with Crippen LogP contribution >= 0.6 is 23.6 Å². The normalized spacial score (nSPS) is 10.4. The number of carbonyl (C=O) groups excluding carboxylic acids is 1. The highest BCUT2D eigenvalue weighted by atomic mass is 32.1. The summed E-state index contributed by atoms with van der Waals surface area (Å²) in [5.41, 5.74) is 2.39. The van der Waals surface area contributed by atoms with E-state index in [1.165, 1.54) is 12.1 Å². The molecule has 2 aromatic heterocycles. The van der Waals surface area contributed by atoms with Crippen LogP contribution in [-0.4, -0.2) is 21.0 Å². The second-order valence-corrected chi connectivity index (χ2v) is 8.73. The van der Waals surface area contributed by atoms with Crippen molar-refractivity contribution in [2.45, 2.75) is 13.0 Å². The van der Waals surface area contributed by atoms with E-state index in [1.54, 1.807) is 29.7 Å². The van der Waals surface area contributed by atoms with Crippen LogP contribution in [-0.2, 0) is 17.8 Å². The Labute approximate surface area is 205 Å². The molecular weight excluding hydrogens is 471 g/mol. The Bertz CT molecular complexity index is 1250. The zero-order chi connectivity index (χ0) is 23.8. The molecule has 7 nitrogen and oxygen atoms in total. The zero-order valence-corrected chi connectivity index (χ0v) is 19.5. The number of amides is 1. The summed E-state index contributed by atoms with van der Waals surface area (Å²) in [4.78, 5) is 21.8. The number of halogens is 1. The molecule has 0 aliphatic heterocycles. The molecule has 0 atom stereocenters. The molecule has 0 bridgehead atoms. The molecule has 34 heavy (non-hydrogen) atoms. The van der Waals surface area contributed by atoms with Gasteiger partial charge in [-0.2, -0.15) is 0 Å². The fourth-order valence-corrected chi connectivity index (χ4v) is 3.97. The van der Waals surface area contributed by atoms with Gasteiger partial charge in [0.1, 0.15) is 11.6 Å². The van der Waals surface area contributed by atoms with Crippen LogP contribution in [0, 0.1) is 5.82 Å². The second-order valence-electron chi connectivity index (χ2n) is 7.21. The highest BCUT2D eigenvalue weighted by molar-refractivity contribution is 7.80. The van der Waals surface area contributed by atoms with Gasteiger partial charge in [-0.15, -0.1) is 0 Å². The predicted octanol–water partition coefficient (Wildman–Crippen LogP) is 5.09. The minimum atomic E-state index is -0.339. The molecular formula is C24H21FN6OS2. The first-order chi connectivity index (χ1) is 16.5. The highest BCUT2D eigenvalue weighted by Crippen LogP contribution is 2.22. The molecule has 0 spiro atoms. The van der Waals surface area contributed by atoms with Gasteiger partial charge in [-0.05, 0) is 66.3 Å². The number of aromatic nitrogens is 2. The fourth-order valence-electron chi connectivity index (χ4n) is 2.97. The molecule has 10 heteroatoms. The number of pyridine rings is 1. The first kappa shape index (κ1) is 23.3. The van der Waals surface area contributed by atoms with Crippen molar-refractivity contribution < 1.29 is 9.18 Å². The molecule has 0 fully saturated rings. The molecule has 4 aromatic rings. The quantitative estimate of drug-likeness (QED) is 0.255. The first-order valence-electron chi connectivity index (χ1n) is 10.4. The maximum absolute atomic E-state index is 13.0. The summed E-state index contributed by atoms with van der Waals surface area (Å²) in [5, 5.41) is 13.1. The molecule has 172 valence electrons. The number of nitrogens with zero attached hydrogens (tertiary/aromatic N) is 2. The van der Waals surface area contributed by atoms with Crippen LogP contribution in [0.15, 0.2) is 79.1 Å². The topological polar surface area (TPSA) is 91.0 Å². The van der Waals surface area contributed by atoms with E-state index in [4.69, 9.17) is 12.2 Å². The summed E-state index contributed by atoms with van der Waals surface area (Å²) in [6, 6.07) is 19.0. The van der Waals surface area contributed by atoms with Gasteiger partial charge >= 0.3 is 0 Å². The Morgan fingerprint density at radius 3 is 2.47 bits per heavy atom. The summed E-state index contributed by atoms with van der Waals surface area (Å²) in [7, 11) is 0. The number of nitrogens with one attached hydrogen (secondary N) is 4. The largest absolute Gasteiger partial charge is 0.380 e. The van der Waals surface area contributed by atoms with E-state index in [2.05, 4.69) is 31.2 Å². The van der Waals surface area contributed by atoms with E-state index < -0.39 is 0 Å². The first-order valence-corrected chi connectivity index (χ1v) is 11.6. The van der Waals surface area contributed by atoms with Crippen LogP contribution in [0.4, 0.5) is 26.7 Å². The van der Waals surface area contributed by atoms with E-state index in [-0.39, 0.29) is 23.3 Å². The summed E-state index contributed by atoms with van der Waals surface area (Å²) in [6.45, 7) is 0.631. The Kier molecular flexibility index (Phi) is 7.74. The third-order valence-electron chi connectivity index (χ3n) is 4.59. The number of benzene rings is 2. The van der Waals surface area contributed by atoms with Gasteiger partial charge in [-0.1, -0.05) is 29.5 Å². The standard InChI is InChI=1S/C24H21FN6OS2/c25-17-6-4-16(5-7-17)13-22(32)31-23(33)29-19-10-8-18(9-11-19)27-14-20-15-28-24(34-20)30-21-3-1-2-12-26-21/h1-12,15,27H,13-14H2,(H,26,28,30)(H2,29,31,32,33). The van der Waals surface area contributed by atoms with Crippen molar-refractivity contribution in [2.75, 3.05) is 16.0 Å². The molecule has 0 saturated heterocycles. The summed E-state index contributed by atoms with van der Waals surface area (Å²) < 4.78 is 13.0. The van der Waals surface area contributed by atoms with E-state index in [0.717, 1.165) is 27.2 Å². The molecule has 0 aliphatic rings. The average Bonchev–Trinajstić information content (AvgIpc) is 3.28. The van der Waals surface area contributed by atoms with Crippen molar-refractivity contribution in [2.24, 2.45) is 0 Å². The lowest BCUT2D eigenvalue weighted by Gasteiger charge is -2.11. The molecule has 0 aliphatic carbocycles. The van der Waals surface area contributed by atoms with E-state index in [1.807, 2.05) is 48.7 Å². The lowest BCUT2D eigenvalue weighted by atomic mass is 10.1. The SMILES string of the molecule is O=C(Cc1ccc(F)cc1)NC(=S)Nc1ccc(NCc2cnc(Nc3ccccn3)s2)cc1. The monoisotopic (exact) mass is 492 g/mol. The number of rotatable bonds is 8. The highest BCUT2D eigenvalue weighted by Gasteiger charge is 2.07. The van der Waals surface area contributed by atoms with Crippen molar-refractivity contribution in [1.82, 2.24) is 15.3 Å². The van der Waals surface area contributed by atoms with Gasteiger partial charge in [0.15, 0.2) is 10.2 Å². The molecule has 1 amide bonds. The van der Waals surface area contributed by atoms with Gasteiger partial charge < -0.3 is 21.3 Å². The second kappa shape index (κ2) is 11.3. The maximum Gasteiger partial charge on any atom is 0.230 e. The van der Waals surface area contributed by atoms with Gasteiger partial charge in [-0.25, -0.2) is 14.4 Å². The minimum Gasteiger partial charge on any atom is -0.380 e. The Morgan fingerprint density at radius 2 is 1.74 bits per heavy atom. The van der Waals surface area contributed by atoms with Crippen LogP contribution in [0.5, 0.6) is 0 Å².